The molecule has 9 heteroatoms. The summed E-state index contributed by atoms with van der Waals surface area (Å²) in [6.07, 6.45) is 4.03. The van der Waals surface area contributed by atoms with E-state index in [4.69, 9.17) is 0 Å². The third kappa shape index (κ3) is 5.28. The van der Waals surface area contributed by atoms with E-state index in [1.54, 1.807) is 6.08 Å². The van der Waals surface area contributed by atoms with Gasteiger partial charge in [-0.25, -0.2) is 13.2 Å². The molecule has 3 unspecified atom stereocenters. The van der Waals surface area contributed by atoms with E-state index in [-0.39, 0.29) is 29.1 Å². The summed E-state index contributed by atoms with van der Waals surface area (Å²) >= 11 is 0. The Balaban J connectivity index is 1.46. The summed E-state index contributed by atoms with van der Waals surface area (Å²) in [7, 11) is -3.93. The molecule has 33 heavy (non-hydrogen) atoms. The van der Waals surface area contributed by atoms with E-state index in [2.05, 4.69) is 4.90 Å². The predicted octanol–water partition coefficient (Wildman–Crippen LogP) is 4.91. The summed E-state index contributed by atoms with van der Waals surface area (Å²) in [6.45, 7) is 1.35. The first kappa shape index (κ1) is 23.9. The van der Waals surface area contributed by atoms with Gasteiger partial charge in [-0.2, -0.15) is 13.2 Å². The van der Waals surface area contributed by atoms with Crippen molar-refractivity contribution in [2.45, 2.75) is 49.6 Å². The van der Waals surface area contributed by atoms with E-state index < -0.39 is 27.5 Å². The van der Waals surface area contributed by atoms with E-state index in [1.807, 2.05) is 6.08 Å². The highest BCUT2D eigenvalue weighted by atomic mass is 32.2. The maximum Gasteiger partial charge on any atom is 0.416 e. The summed E-state index contributed by atoms with van der Waals surface area (Å²) < 4.78 is 64.3. The van der Waals surface area contributed by atoms with Crippen LogP contribution in [0.1, 0.15) is 44.1 Å². The van der Waals surface area contributed by atoms with Crippen LogP contribution in [0.3, 0.4) is 0 Å². The predicted molar refractivity (Wildman–Crippen MR) is 117 cm³/mol. The first-order valence-corrected chi connectivity index (χ1v) is 13.0. The highest BCUT2D eigenvalue weighted by Gasteiger charge is 2.40. The maximum atomic E-state index is 13.0. The zero-order valence-electron chi connectivity index (χ0n) is 18.2. The third-order valence-electron chi connectivity index (χ3n) is 7.22. The van der Waals surface area contributed by atoms with Gasteiger partial charge in [-0.15, -0.1) is 0 Å². The van der Waals surface area contributed by atoms with Crippen molar-refractivity contribution in [2.75, 3.05) is 18.8 Å². The number of halogens is 3. The average Bonchev–Trinajstić information content (AvgIpc) is 3.37. The van der Waals surface area contributed by atoms with Crippen molar-refractivity contribution < 1.29 is 31.5 Å². The summed E-state index contributed by atoms with van der Waals surface area (Å²) in [6, 6.07) is 3.74. The number of benzene rings is 1. The summed E-state index contributed by atoms with van der Waals surface area (Å²) in [5.41, 5.74) is -0.221. The smallest absolute Gasteiger partial charge is 0.416 e. The second-order valence-corrected chi connectivity index (χ2v) is 11.5. The average molecular weight is 484 g/mol. The zero-order chi connectivity index (χ0) is 23.8. The highest BCUT2D eigenvalue weighted by molar-refractivity contribution is 7.91. The molecule has 5 nitrogen and oxygen atoms in total. The molecule has 180 valence electrons. The molecule has 2 fully saturated rings. The first-order chi connectivity index (χ1) is 15.5. The number of carbonyl (C=O) groups is 1. The molecule has 0 radical (unpaired) electrons. The lowest BCUT2D eigenvalue weighted by atomic mass is 9.88. The number of aliphatic carboxylic acids is 1. The van der Waals surface area contributed by atoms with Crippen molar-refractivity contribution in [3.63, 3.8) is 0 Å². The van der Waals surface area contributed by atoms with Gasteiger partial charge in [-0.1, -0.05) is 18.6 Å². The maximum absolute atomic E-state index is 13.0. The number of hydrogen-bond donors (Lipinski definition) is 1. The molecule has 1 heterocycles. The molecule has 2 aliphatic carbocycles. The fourth-order valence-corrected chi connectivity index (χ4v) is 7.00. The molecule has 1 N–H and O–H groups in total. The van der Waals surface area contributed by atoms with Crippen LogP contribution in [-0.4, -0.2) is 43.2 Å². The number of carboxylic acids is 1. The second kappa shape index (κ2) is 9.16. The van der Waals surface area contributed by atoms with Gasteiger partial charge < -0.3 is 10.0 Å². The van der Waals surface area contributed by atoms with Gasteiger partial charge in [-0.3, -0.25) is 0 Å². The minimum absolute atomic E-state index is 0.131. The van der Waals surface area contributed by atoms with E-state index in [9.17, 15) is 31.5 Å². The molecule has 4 rings (SSSR count). The van der Waals surface area contributed by atoms with Crippen LogP contribution in [0.25, 0.3) is 0 Å². The fraction of sp³-hybridized carbons (Fsp3) is 0.542. The molecule has 0 spiro atoms. The Morgan fingerprint density at radius 3 is 2.61 bits per heavy atom. The van der Waals surface area contributed by atoms with Gasteiger partial charge in [0.1, 0.15) is 0 Å². The van der Waals surface area contributed by atoms with Crippen LogP contribution in [0.2, 0.25) is 0 Å². The number of sulfone groups is 1. The molecule has 0 amide bonds. The fourth-order valence-electron chi connectivity index (χ4n) is 5.64. The lowest BCUT2D eigenvalue weighted by Crippen LogP contribution is -2.34. The Bertz CT molecular complexity index is 1080. The van der Waals surface area contributed by atoms with E-state index in [0.29, 0.717) is 30.1 Å². The van der Waals surface area contributed by atoms with Crippen molar-refractivity contribution in [2.24, 2.45) is 17.8 Å². The Morgan fingerprint density at radius 1 is 1.18 bits per heavy atom. The van der Waals surface area contributed by atoms with E-state index in [1.165, 1.54) is 19.3 Å². The Hall–Kier alpha value is -2.29. The molecule has 1 aliphatic heterocycles. The minimum Gasteiger partial charge on any atom is -0.478 e. The summed E-state index contributed by atoms with van der Waals surface area (Å²) in [5.74, 6) is 0.561. The van der Waals surface area contributed by atoms with Crippen LogP contribution in [-0.2, 0) is 20.8 Å². The normalized spacial score (nSPS) is 25.2. The standard InChI is InChI=1S/C24H28F3NO4S/c25-24(26,27)19-4-1-5-20(14-19)33(31,32)11-3-7-22-21(23(29)30)6-2-10-28(22)15-18-13-16-8-9-17(18)12-16/h1-2,4-6,14,16-18H,3,7-13,15H2,(H,29,30). The van der Waals surface area contributed by atoms with Crippen molar-refractivity contribution in [1.29, 1.82) is 0 Å². The van der Waals surface area contributed by atoms with Gasteiger partial charge in [0, 0.05) is 18.8 Å². The number of hydrogen-bond acceptors (Lipinski definition) is 4. The van der Waals surface area contributed by atoms with Crippen LogP contribution in [0.5, 0.6) is 0 Å². The van der Waals surface area contributed by atoms with Gasteiger partial charge in [0.2, 0.25) is 0 Å². The molecule has 3 aliphatic rings. The number of rotatable bonds is 8. The largest absolute Gasteiger partial charge is 0.478 e. The minimum atomic E-state index is -4.62. The SMILES string of the molecule is O=C(O)C1=C(CCCS(=O)(=O)c2cccc(C(F)(F)F)c2)N(CC2CC3CCC2C3)CC=C1. The van der Waals surface area contributed by atoms with E-state index >= 15 is 0 Å². The Labute approximate surface area is 191 Å². The Kier molecular flexibility index (Phi) is 6.62. The van der Waals surface area contributed by atoms with Crippen molar-refractivity contribution in [3.8, 4) is 0 Å². The van der Waals surface area contributed by atoms with Crippen LogP contribution in [0.4, 0.5) is 13.2 Å². The molecule has 1 aromatic rings. The summed E-state index contributed by atoms with van der Waals surface area (Å²) in [5, 5.41) is 9.68. The highest BCUT2D eigenvalue weighted by Crippen LogP contribution is 2.49. The molecule has 0 aromatic heterocycles. The van der Waals surface area contributed by atoms with E-state index in [0.717, 1.165) is 37.1 Å². The summed E-state index contributed by atoms with van der Waals surface area (Å²) in [4.78, 5) is 13.5. The number of allylic oxidation sites excluding steroid dienone is 1. The van der Waals surface area contributed by atoms with Crippen LogP contribution >= 0.6 is 0 Å². The van der Waals surface area contributed by atoms with Gasteiger partial charge >= 0.3 is 12.1 Å². The van der Waals surface area contributed by atoms with Crippen molar-refractivity contribution in [3.05, 3.63) is 53.3 Å². The van der Waals surface area contributed by atoms with Crippen molar-refractivity contribution in [1.82, 2.24) is 4.90 Å². The van der Waals surface area contributed by atoms with Crippen LogP contribution in [0, 0.1) is 17.8 Å². The lowest BCUT2D eigenvalue weighted by molar-refractivity contribution is -0.137. The molecule has 3 atom stereocenters. The second-order valence-electron chi connectivity index (χ2n) is 9.36. The zero-order valence-corrected chi connectivity index (χ0v) is 19.0. The molecule has 2 saturated carbocycles. The Morgan fingerprint density at radius 2 is 1.97 bits per heavy atom. The van der Waals surface area contributed by atoms with Gasteiger partial charge in [0.25, 0.3) is 0 Å². The van der Waals surface area contributed by atoms with Gasteiger partial charge in [0.15, 0.2) is 9.84 Å². The molecule has 0 saturated heterocycles. The number of alkyl halides is 3. The molecular formula is C24H28F3NO4S. The van der Waals surface area contributed by atoms with Crippen LogP contribution in [0.15, 0.2) is 52.6 Å². The van der Waals surface area contributed by atoms with Gasteiger partial charge in [-0.05, 0) is 74.1 Å². The monoisotopic (exact) mass is 483 g/mol. The lowest BCUT2D eigenvalue weighted by Gasteiger charge is -2.35. The number of fused-ring (bicyclic) bond motifs is 2. The molecular weight excluding hydrogens is 455 g/mol. The number of nitrogens with zero attached hydrogens (tertiary/aromatic N) is 1. The topological polar surface area (TPSA) is 74.7 Å². The van der Waals surface area contributed by atoms with Crippen LogP contribution < -0.4 is 0 Å². The third-order valence-corrected chi connectivity index (χ3v) is 9.02. The molecule has 1 aromatic carbocycles. The first-order valence-electron chi connectivity index (χ1n) is 11.3. The van der Waals surface area contributed by atoms with Gasteiger partial charge in [0.05, 0.1) is 21.8 Å². The van der Waals surface area contributed by atoms with Crippen molar-refractivity contribution >= 4 is 15.8 Å². The number of carboxylic acid groups (broad SMARTS) is 1. The molecule has 2 bridgehead atoms. The quantitative estimate of drug-likeness (QED) is 0.569.